The smallest absolute Gasteiger partial charge is 0.325 e. The number of carbonyl (C=O) groups is 3. The number of nitrogens with one attached hydrogen (secondary N) is 1. The van der Waals surface area contributed by atoms with Gasteiger partial charge < -0.3 is 15.3 Å². The highest BCUT2D eigenvalue weighted by Gasteiger charge is 2.44. The summed E-state index contributed by atoms with van der Waals surface area (Å²) in [6.07, 6.45) is 1.79. The number of aliphatic hydroxyl groups is 1. The topological polar surface area (TPSA) is 90.0 Å². The van der Waals surface area contributed by atoms with Crippen molar-refractivity contribution in [1.29, 1.82) is 0 Å². The molecule has 0 unspecified atom stereocenters. The minimum absolute atomic E-state index is 0.0398. The lowest BCUT2D eigenvalue weighted by molar-refractivity contribution is -0.134. The fourth-order valence-electron chi connectivity index (χ4n) is 2.73. The fourth-order valence-corrected chi connectivity index (χ4v) is 2.73. The molecule has 7 nitrogen and oxygen atoms in total. The first-order valence-electron chi connectivity index (χ1n) is 6.91. The van der Waals surface area contributed by atoms with Gasteiger partial charge in [0.1, 0.15) is 5.54 Å². The Labute approximate surface area is 117 Å². The molecule has 0 aromatic heterocycles. The van der Waals surface area contributed by atoms with Crippen molar-refractivity contribution in [2.75, 3.05) is 19.7 Å². The maximum Gasteiger partial charge on any atom is 0.325 e. The molecule has 0 aromatic rings. The summed E-state index contributed by atoms with van der Waals surface area (Å²) in [6, 6.07) is -0.574. The fraction of sp³-hybridized carbons (Fsp3) is 0.769. The van der Waals surface area contributed by atoms with Crippen LogP contribution in [0.3, 0.4) is 0 Å². The van der Waals surface area contributed by atoms with Gasteiger partial charge in [0.2, 0.25) is 5.91 Å². The molecule has 112 valence electrons. The predicted molar refractivity (Wildman–Crippen MR) is 70.8 cm³/mol. The Morgan fingerprint density at radius 3 is 2.70 bits per heavy atom. The van der Waals surface area contributed by atoms with E-state index in [2.05, 4.69) is 5.32 Å². The average Bonchev–Trinajstić information content (AvgIpc) is 2.92. The second kappa shape index (κ2) is 5.40. The van der Waals surface area contributed by atoms with E-state index in [4.69, 9.17) is 0 Å². The van der Waals surface area contributed by atoms with Crippen molar-refractivity contribution < 1.29 is 19.5 Å². The van der Waals surface area contributed by atoms with E-state index >= 15 is 0 Å². The lowest BCUT2D eigenvalue weighted by atomic mass is 10.1. The highest BCUT2D eigenvalue weighted by molar-refractivity contribution is 6.06. The first kappa shape index (κ1) is 14.8. The van der Waals surface area contributed by atoms with Crippen LogP contribution in [-0.2, 0) is 9.59 Å². The van der Waals surface area contributed by atoms with Crippen LogP contribution in [0.1, 0.15) is 33.1 Å². The summed E-state index contributed by atoms with van der Waals surface area (Å²) in [4.78, 5) is 38.5. The summed E-state index contributed by atoms with van der Waals surface area (Å²) >= 11 is 0. The molecule has 0 radical (unpaired) electrons. The van der Waals surface area contributed by atoms with Crippen molar-refractivity contribution in [1.82, 2.24) is 15.1 Å². The molecular weight excluding hydrogens is 262 g/mol. The number of likely N-dealkylation sites (tertiary alicyclic amines) is 1. The number of amides is 4. The molecule has 2 aliphatic rings. The third kappa shape index (κ3) is 2.63. The van der Waals surface area contributed by atoms with Gasteiger partial charge in [-0.15, -0.1) is 0 Å². The highest BCUT2D eigenvalue weighted by atomic mass is 16.3. The van der Waals surface area contributed by atoms with Gasteiger partial charge in [0, 0.05) is 19.5 Å². The number of nitrogens with zero attached hydrogens (tertiary/aromatic N) is 2. The lowest BCUT2D eigenvalue weighted by Gasteiger charge is -2.24. The van der Waals surface area contributed by atoms with E-state index < -0.39 is 11.6 Å². The van der Waals surface area contributed by atoms with E-state index in [-0.39, 0.29) is 37.4 Å². The summed E-state index contributed by atoms with van der Waals surface area (Å²) in [5.41, 5.74) is -0.901. The molecule has 2 fully saturated rings. The summed E-state index contributed by atoms with van der Waals surface area (Å²) < 4.78 is 0. The Balaban J connectivity index is 1.91. The van der Waals surface area contributed by atoms with Gasteiger partial charge in [-0.05, 0) is 26.7 Å². The molecule has 20 heavy (non-hydrogen) atoms. The van der Waals surface area contributed by atoms with Gasteiger partial charge in [-0.3, -0.25) is 14.5 Å². The van der Waals surface area contributed by atoms with Crippen LogP contribution in [0.2, 0.25) is 0 Å². The van der Waals surface area contributed by atoms with Crippen LogP contribution >= 0.6 is 0 Å². The van der Waals surface area contributed by atoms with Crippen molar-refractivity contribution in [3.63, 3.8) is 0 Å². The number of carbonyl (C=O) groups excluding carboxylic acids is 3. The molecule has 0 saturated carbocycles. The van der Waals surface area contributed by atoms with Crippen LogP contribution in [0.4, 0.5) is 4.79 Å². The van der Waals surface area contributed by atoms with Crippen LogP contribution in [0.5, 0.6) is 0 Å². The normalized spacial score (nSPS) is 25.2. The molecule has 2 heterocycles. The maximum absolute atomic E-state index is 12.1. The van der Waals surface area contributed by atoms with Crippen molar-refractivity contribution >= 4 is 17.8 Å². The Kier molecular flexibility index (Phi) is 3.99. The van der Waals surface area contributed by atoms with Gasteiger partial charge in [0.15, 0.2) is 0 Å². The average molecular weight is 283 g/mol. The van der Waals surface area contributed by atoms with E-state index in [1.165, 1.54) is 0 Å². The third-order valence-corrected chi connectivity index (χ3v) is 3.90. The van der Waals surface area contributed by atoms with Crippen molar-refractivity contribution in [2.24, 2.45) is 0 Å². The van der Waals surface area contributed by atoms with Crippen molar-refractivity contribution in [3.05, 3.63) is 0 Å². The zero-order chi connectivity index (χ0) is 14.9. The van der Waals surface area contributed by atoms with E-state index in [0.29, 0.717) is 6.54 Å². The molecule has 2 saturated heterocycles. The summed E-state index contributed by atoms with van der Waals surface area (Å²) in [7, 11) is 0. The maximum atomic E-state index is 12.1. The molecule has 4 amide bonds. The van der Waals surface area contributed by atoms with Gasteiger partial charge in [-0.2, -0.15) is 0 Å². The number of urea groups is 1. The summed E-state index contributed by atoms with van der Waals surface area (Å²) in [5.74, 6) is -0.428. The monoisotopic (exact) mass is 283 g/mol. The van der Waals surface area contributed by atoms with Crippen molar-refractivity contribution in [3.8, 4) is 0 Å². The minimum atomic E-state index is -0.901. The largest absolute Gasteiger partial charge is 0.394 e. The quantitative estimate of drug-likeness (QED) is 0.693. The molecule has 2 aliphatic heterocycles. The first-order chi connectivity index (χ1) is 9.36. The number of imide groups is 1. The van der Waals surface area contributed by atoms with Gasteiger partial charge in [0.25, 0.3) is 5.91 Å². The van der Waals surface area contributed by atoms with Gasteiger partial charge >= 0.3 is 6.03 Å². The molecular formula is C13H21N3O4. The Bertz CT molecular complexity index is 435. The van der Waals surface area contributed by atoms with Crippen LogP contribution < -0.4 is 5.32 Å². The molecule has 0 bridgehead atoms. The Hall–Kier alpha value is -1.63. The van der Waals surface area contributed by atoms with Crippen LogP contribution in [0, 0.1) is 0 Å². The molecule has 0 aromatic carbocycles. The molecule has 0 spiro atoms. The lowest BCUT2D eigenvalue weighted by Crippen LogP contribution is -2.42. The third-order valence-electron chi connectivity index (χ3n) is 3.90. The number of hydrogen-bond acceptors (Lipinski definition) is 4. The zero-order valence-corrected chi connectivity index (χ0v) is 11.9. The van der Waals surface area contributed by atoms with E-state index in [1.807, 2.05) is 0 Å². The van der Waals surface area contributed by atoms with E-state index in [0.717, 1.165) is 17.7 Å². The van der Waals surface area contributed by atoms with Crippen LogP contribution in [0.25, 0.3) is 0 Å². The van der Waals surface area contributed by atoms with E-state index in [9.17, 15) is 19.5 Å². The van der Waals surface area contributed by atoms with Gasteiger partial charge in [-0.1, -0.05) is 0 Å². The molecule has 7 heteroatoms. The number of hydrogen-bond donors (Lipinski definition) is 2. The molecule has 0 aliphatic carbocycles. The standard InChI is InChI=1S/C13H21N3O4/c1-13(2)11(19)16(12(20)14-13)7-5-10(18)15-6-3-4-9(15)8-17/h9,17H,3-8H2,1-2H3,(H,14,20)/t9-/m0/s1. The second-order valence-electron chi connectivity index (χ2n) is 5.83. The highest BCUT2D eigenvalue weighted by Crippen LogP contribution is 2.20. The second-order valence-corrected chi connectivity index (χ2v) is 5.83. The Morgan fingerprint density at radius 1 is 1.45 bits per heavy atom. The van der Waals surface area contributed by atoms with Gasteiger partial charge in [0.05, 0.1) is 12.6 Å². The van der Waals surface area contributed by atoms with Crippen molar-refractivity contribution in [2.45, 2.75) is 44.7 Å². The van der Waals surface area contributed by atoms with Crippen LogP contribution in [0.15, 0.2) is 0 Å². The zero-order valence-electron chi connectivity index (χ0n) is 11.9. The predicted octanol–water partition coefficient (Wildman–Crippen LogP) is -0.310. The molecule has 2 N–H and O–H groups in total. The SMILES string of the molecule is CC1(C)NC(=O)N(CCC(=O)N2CCC[C@H]2CO)C1=O. The van der Waals surface area contributed by atoms with Gasteiger partial charge in [-0.25, -0.2) is 4.79 Å². The molecule has 2 rings (SSSR count). The molecule has 1 atom stereocenters. The summed E-state index contributed by atoms with van der Waals surface area (Å²) in [6.45, 7) is 3.95. The minimum Gasteiger partial charge on any atom is -0.394 e. The number of rotatable bonds is 4. The van der Waals surface area contributed by atoms with Crippen LogP contribution in [-0.4, -0.2) is 64.0 Å². The Morgan fingerprint density at radius 2 is 2.15 bits per heavy atom. The van der Waals surface area contributed by atoms with E-state index in [1.54, 1.807) is 18.7 Å². The first-order valence-corrected chi connectivity index (χ1v) is 6.91. The number of aliphatic hydroxyl groups excluding tert-OH is 1. The summed E-state index contributed by atoms with van der Waals surface area (Å²) in [5, 5.41) is 11.8.